The van der Waals surface area contributed by atoms with Crippen LogP contribution in [-0.2, 0) is 12.8 Å². The van der Waals surface area contributed by atoms with Gasteiger partial charge in [-0.05, 0) is 87.1 Å². The molecule has 0 bridgehead atoms. The number of unbranched alkanes of at least 4 members (excludes halogenated alkanes) is 15. The Morgan fingerprint density at radius 3 is 1.80 bits per heavy atom. The van der Waals surface area contributed by atoms with Crippen molar-refractivity contribution in [2.24, 2.45) is 0 Å². The highest BCUT2D eigenvalue weighted by Crippen LogP contribution is 2.39. The van der Waals surface area contributed by atoms with E-state index < -0.39 is 0 Å². The van der Waals surface area contributed by atoms with Crippen LogP contribution in [0.5, 0.6) is 0 Å². The maximum Gasteiger partial charge on any atom is 0.211 e. The lowest BCUT2D eigenvalue weighted by molar-refractivity contribution is -0.344. The van der Waals surface area contributed by atoms with Gasteiger partial charge in [0, 0.05) is 22.8 Å². The zero-order valence-electron chi connectivity index (χ0n) is 29.3. The van der Waals surface area contributed by atoms with Crippen LogP contribution in [-0.4, -0.2) is 4.70 Å². The lowest BCUT2D eigenvalue weighted by atomic mass is 9.96. The van der Waals surface area contributed by atoms with E-state index in [1.165, 1.54) is 130 Å². The molecule has 1 aliphatic heterocycles. The van der Waals surface area contributed by atoms with Crippen molar-refractivity contribution >= 4 is 11.4 Å². The average molecular weight is 609 g/mol. The molecule has 2 nitrogen and oxygen atoms in total. The second-order valence-corrected chi connectivity index (χ2v) is 13.3. The van der Waals surface area contributed by atoms with E-state index in [4.69, 9.17) is 0 Å². The van der Waals surface area contributed by atoms with Gasteiger partial charge >= 0.3 is 0 Å². The molecule has 0 amide bonds. The Hall–Kier alpha value is -2.74. The van der Waals surface area contributed by atoms with E-state index in [2.05, 4.69) is 87.5 Å². The van der Waals surface area contributed by atoms with Crippen molar-refractivity contribution < 1.29 is 4.70 Å². The Labute approximate surface area is 277 Å². The summed E-state index contributed by atoms with van der Waals surface area (Å²) in [5.74, 6) is 0. The number of rotatable bonds is 25. The summed E-state index contributed by atoms with van der Waals surface area (Å²) in [6.07, 6.45) is 34.9. The third-order valence-electron chi connectivity index (χ3n) is 9.40. The van der Waals surface area contributed by atoms with Gasteiger partial charge in [-0.2, -0.15) is 0 Å². The molecule has 2 aromatic carbocycles. The fraction of sp³-hybridized carbons (Fsp3) is 0.581. The Bertz CT molecular complexity index is 1200. The van der Waals surface area contributed by atoms with Gasteiger partial charge in [0.05, 0.1) is 0 Å². The molecule has 0 fully saturated rings. The summed E-state index contributed by atoms with van der Waals surface area (Å²) in [5, 5.41) is 0. The molecule has 45 heavy (non-hydrogen) atoms. The van der Waals surface area contributed by atoms with Gasteiger partial charge in [0.1, 0.15) is 0 Å². The van der Waals surface area contributed by atoms with Gasteiger partial charge in [0.15, 0.2) is 0 Å². The predicted molar refractivity (Wildman–Crippen MR) is 197 cm³/mol. The van der Waals surface area contributed by atoms with Crippen molar-refractivity contribution in [3.63, 3.8) is 0 Å². The smallest absolute Gasteiger partial charge is 0.211 e. The lowest BCUT2D eigenvalue weighted by Crippen LogP contribution is -2.05. The van der Waals surface area contributed by atoms with E-state index in [1.54, 1.807) is 0 Å². The Morgan fingerprint density at radius 2 is 1.11 bits per heavy atom. The number of aryl methyl sites for hydroxylation is 2. The molecule has 3 rings (SSSR count). The fourth-order valence-electron chi connectivity index (χ4n) is 6.59. The zero-order chi connectivity index (χ0) is 32.0. The first-order valence-corrected chi connectivity index (χ1v) is 19.0. The van der Waals surface area contributed by atoms with Crippen LogP contribution in [0.1, 0.15) is 171 Å². The van der Waals surface area contributed by atoms with Crippen LogP contribution >= 0.6 is 0 Å². The zero-order valence-corrected chi connectivity index (χ0v) is 29.3. The van der Waals surface area contributed by atoms with Crippen LogP contribution in [0.4, 0.5) is 0 Å². The largest absolute Gasteiger partial charge is 0.493 e. The van der Waals surface area contributed by atoms with Crippen LogP contribution in [0, 0.1) is 0 Å². The molecule has 2 heteroatoms. The molecule has 246 valence electrons. The fourth-order valence-corrected chi connectivity index (χ4v) is 6.59. The minimum Gasteiger partial charge on any atom is -0.493 e. The van der Waals surface area contributed by atoms with Crippen molar-refractivity contribution in [2.45, 2.75) is 162 Å². The number of benzene rings is 2. The molecule has 1 aliphatic rings. The van der Waals surface area contributed by atoms with Crippen LogP contribution < -0.4 is 0 Å². The van der Waals surface area contributed by atoms with Crippen molar-refractivity contribution in [3.05, 3.63) is 100 Å². The first-order valence-electron chi connectivity index (χ1n) is 19.0. The summed E-state index contributed by atoms with van der Waals surface area (Å²) < 4.78 is 1.49. The molecule has 0 spiro atoms. The van der Waals surface area contributed by atoms with Crippen molar-refractivity contribution in [1.82, 2.24) is 0 Å². The van der Waals surface area contributed by atoms with Crippen LogP contribution in [0.25, 0.3) is 16.9 Å². The molecule has 1 heterocycles. The first-order chi connectivity index (χ1) is 22.2. The number of nitrogens with zero attached hydrogens (tertiary/aromatic N) is 2. The molecular weight excluding hydrogens is 544 g/mol. The van der Waals surface area contributed by atoms with Crippen molar-refractivity contribution in [3.8, 4) is 0 Å². The number of hydrogen-bond acceptors (Lipinski definition) is 0. The van der Waals surface area contributed by atoms with Gasteiger partial charge in [-0.3, -0.25) is 0 Å². The van der Waals surface area contributed by atoms with Crippen molar-refractivity contribution in [1.29, 1.82) is 0 Å². The monoisotopic (exact) mass is 609 g/mol. The molecular formula is C43H64N2. The quantitative estimate of drug-likeness (QED) is 0.0609. The minimum atomic E-state index is 0.906. The second-order valence-electron chi connectivity index (χ2n) is 13.3. The third-order valence-corrected chi connectivity index (χ3v) is 9.40. The topological polar surface area (TPSA) is 25.3 Å². The number of allylic oxidation sites excluding steroid dienone is 4. The summed E-state index contributed by atoms with van der Waals surface area (Å²) >= 11 is 0. The van der Waals surface area contributed by atoms with Gasteiger partial charge in [-0.1, -0.05) is 147 Å². The molecule has 0 unspecified atom stereocenters. The standard InChI is InChI=1S/C43H64N2/c1-4-7-10-12-13-14-15-16-17-18-19-20-21-24-28-38-29-25-26-31-41(38)43-40(30-22-9-6-3)36-42(45(43)44)39-34-32-37(33-35-39)27-23-11-8-5-2/h19-20,25-26,29,31-36H,4-18,21-24,27-28,30H2,1-3H3. The minimum absolute atomic E-state index is 0.906. The first kappa shape index (κ1) is 36.7. The van der Waals surface area contributed by atoms with Gasteiger partial charge in [0.25, 0.3) is 0 Å². The van der Waals surface area contributed by atoms with E-state index in [1.807, 2.05) is 0 Å². The second kappa shape index (κ2) is 22.7. The Kier molecular flexibility index (Phi) is 18.5. The van der Waals surface area contributed by atoms with Gasteiger partial charge < -0.3 is 5.53 Å². The molecule has 0 atom stereocenters. The van der Waals surface area contributed by atoms with Gasteiger partial charge in [-0.15, -0.1) is 0 Å². The molecule has 0 saturated heterocycles. The van der Waals surface area contributed by atoms with Crippen LogP contribution in [0.2, 0.25) is 0 Å². The Balaban J connectivity index is 1.55. The van der Waals surface area contributed by atoms with Gasteiger partial charge in [0.2, 0.25) is 11.4 Å². The van der Waals surface area contributed by atoms with Gasteiger partial charge in [-0.25, -0.2) is 4.70 Å². The summed E-state index contributed by atoms with van der Waals surface area (Å²) in [4.78, 5) is 0. The molecule has 0 radical (unpaired) electrons. The molecule has 0 N–H and O–H groups in total. The third kappa shape index (κ3) is 13.3. The normalized spacial score (nSPS) is 13.4. The molecule has 0 aliphatic carbocycles. The maximum atomic E-state index is 11.7. The summed E-state index contributed by atoms with van der Waals surface area (Å²) in [6.45, 7) is 6.81. The SMILES string of the molecule is CCCCCCCCCCCC=CCCCc1ccccc1C1=C(CCCCC)C=C(c2ccc(CCCCCC)cc2)[N+]1=[N-]. The highest BCUT2D eigenvalue weighted by molar-refractivity contribution is 5.79. The molecule has 2 aromatic rings. The maximum absolute atomic E-state index is 11.7. The summed E-state index contributed by atoms with van der Waals surface area (Å²) in [6, 6.07) is 17.7. The van der Waals surface area contributed by atoms with E-state index in [-0.39, 0.29) is 0 Å². The highest BCUT2D eigenvalue weighted by atomic mass is 15.2. The molecule has 0 saturated carbocycles. The van der Waals surface area contributed by atoms with E-state index in [0.29, 0.717) is 0 Å². The number of hydrogen-bond donors (Lipinski definition) is 0. The summed E-state index contributed by atoms with van der Waals surface area (Å²) in [7, 11) is 0. The van der Waals surface area contributed by atoms with E-state index in [9.17, 15) is 5.53 Å². The molecule has 0 aromatic heterocycles. The highest BCUT2D eigenvalue weighted by Gasteiger charge is 2.29. The Morgan fingerprint density at radius 1 is 0.556 bits per heavy atom. The predicted octanol–water partition coefficient (Wildman–Crippen LogP) is 14.0. The van der Waals surface area contributed by atoms with E-state index >= 15 is 0 Å². The lowest BCUT2D eigenvalue weighted by Gasteiger charge is -2.13. The van der Waals surface area contributed by atoms with Crippen molar-refractivity contribution in [2.75, 3.05) is 0 Å². The average Bonchev–Trinajstić information content (AvgIpc) is 3.39. The van der Waals surface area contributed by atoms with E-state index in [0.717, 1.165) is 55.5 Å². The summed E-state index contributed by atoms with van der Waals surface area (Å²) in [5.41, 5.74) is 19.8. The van der Waals surface area contributed by atoms with Crippen LogP contribution in [0.15, 0.2) is 72.3 Å². The van der Waals surface area contributed by atoms with Crippen LogP contribution in [0.3, 0.4) is 0 Å².